The van der Waals surface area contributed by atoms with Crippen molar-refractivity contribution in [2.75, 3.05) is 30.8 Å². The van der Waals surface area contributed by atoms with Gasteiger partial charge in [-0.1, -0.05) is 12.1 Å². The second-order valence-corrected chi connectivity index (χ2v) is 11.7. The van der Waals surface area contributed by atoms with Gasteiger partial charge in [0.05, 0.1) is 24.3 Å². The van der Waals surface area contributed by atoms with E-state index in [4.69, 9.17) is 0 Å². The lowest BCUT2D eigenvalue weighted by atomic mass is 10.0. The third kappa shape index (κ3) is 6.16. The third-order valence-electron chi connectivity index (χ3n) is 7.95. The number of carboxylic acid groups (broad SMARTS) is 1. The highest BCUT2D eigenvalue weighted by molar-refractivity contribution is 7.98. The second kappa shape index (κ2) is 12.2. The van der Waals surface area contributed by atoms with Gasteiger partial charge in [0.1, 0.15) is 17.8 Å². The summed E-state index contributed by atoms with van der Waals surface area (Å²) in [4.78, 5) is 37.9. The van der Waals surface area contributed by atoms with Gasteiger partial charge < -0.3 is 10.0 Å². The minimum Gasteiger partial charge on any atom is -0.478 e. The van der Waals surface area contributed by atoms with E-state index in [1.165, 1.54) is 34.6 Å². The molecule has 6 rings (SSSR count). The van der Waals surface area contributed by atoms with Crippen molar-refractivity contribution in [1.29, 1.82) is 0 Å². The van der Waals surface area contributed by atoms with Crippen molar-refractivity contribution in [1.82, 2.24) is 19.5 Å². The lowest BCUT2D eigenvalue weighted by Gasteiger charge is -2.27. The van der Waals surface area contributed by atoms with Gasteiger partial charge in [0.25, 0.3) is 5.91 Å². The zero-order chi connectivity index (χ0) is 30.1. The molecule has 1 unspecified atom stereocenters. The molecule has 0 bridgehead atoms. The average Bonchev–Trinajstić information content (AvgIpc) is 3.74. The molecule has 1 amide bonds. The molecule has 1 N–H and O–H groups in total. The fourth-order valence-corrected chi connectivity index (χ4v) is 6.52. The number of carbonyl (C=O) groups is 2. The SMILES string of the molecule is CSc1ccc(F)cc1[C@H]1C[C@H](F)CN1c1ccc2ncc(C(=O)/N=C/C3CCN(Cc4cccc(C(=O)O)c4)C3)n2n1. The van der Waals surface area contributed by atoms with Gasteiger partial charge in [0.15, 0.2) is 11.3 Å². The van der Waals surface area contributed by atoms with Gasteiger partial charge in [-0.05, 0) is 72.8 Å². The minimum atomic E-state index is -1.11. The Morgan fingerprint density at radius 2 is 2.02 bits per heavy atom. The summed E-state index contributed by atoms with van der Waals surface area (Å²) < 4.78 is 30.4. The van der Waals surface area contributed by atoms with E-state index in [0.29, 0.717) is 30.1 Å². The van der Waals surface area contributed by atoms with Crippen LogP contribution in [0.5, 0.6) is 0 Å². The normalized spacial score (nSPS) is 20.9. The Kier molecular flexibility index (Phi) is 8.22. The number of likely N-dealkylation sites (tertiary alicyclic amines) is 1. The van der Waals surface area contributed by atoms with Gasteiger partial charge in [-0.2, -0.15) is 0 Å². The number of carbonyl (C=O) groups excluding carboxylic acids is 1. The summed E-state index contributed by atoms with van der Waals surface area (Å²) in [5.74, 6) is -1.29. The highest BCUT2D eigenvalue weighted by Gasteiger charge is 2.36. The Morgan fingerprint density at radius 3 is 2.84 bits per heavy atom. The fourth-order valence-electron chi connectivity index (χ4n) is 5.89. The first-order chi connectivity index (χ1) is 20.8. The number of aliphatic imine (C=N–C) groups is 1. The van der Waals surface area contributed by atoms with Crippen molar-refractivity contribution >= 4 is 41.3 Å². The predicted octanol–water partition coefficient (Wildman–Crippen LogP) is 5.31. The molecule has 0 radical (unpaired) electrons. The fraction of sp³-hybridized carbons (Fsp3) is 0.323. The maximum Gasteiger partial charge on any atom is 0.335 e. The molecule has 4 aromatic rings. The van der Waals surface area contributed by atoms with E-state index >= 15 is 0 Å². The Morgan fingerprint density at radius 1 is 1.16 bits per heavy atom. The van der Waals surface area contributed by atoms with Crippen molar-refractivity contribution in [2.45, 2.75) is 36.5 Å². The molecular formula is C31H30F2N6O3S. The summed E-state index contributed by atoms with van der Waals surface area (Å²) >= 11 is 1.48. The van der Waals surface area contributed by atoms with Gasteiger partial charge in [0.2, 0.25) is 0 Å². The van der Waals surface area contributed by atoms with E-state index in [1.807, 2.05) is 17.2 Å². The van der Waals surface area contributed by atoms with Crippen LogP contribution in [0.25, 0.3) is 5.65 Å². The number of hydrogen-bond acceptors (Lipinski definition) is 7. The summed E-state index contributed by atoms with van der Waals surface area (Å²) in [6.07, 6.45) is 4.92. The zero-order valence-electron chi connectivity index (χ0n) is 23.4. The number of anilines is 1. The van der Waals surface area contributed by atoms with Crippen LogP contribution in [-0.2, 0) is 6.54 Å². The summed E-state index contributed by atoms with van der Waals surface area (Å²) in [5, 5.41) is 13.9. The number of amides is 1. The van der Waals surface area contributed by atoms with Crippen LogP contribution >= 0.6 is 11.8 Å². The number of aromatic nitrogens is 3. The minimum absolute atomic E-state index is 0.0676. The molecule has 0 spiro atoms. The number of aromatic carboxylic acids is 1. The Hall–Kier alpha value is -4.16. The first-order valence-corrected chi connectivity index (χ1v) is 15.2. The van der Waals surface area contributed by atoms with Gasteiger partial charge in [-0.3, -0.25) is 9.69 Å². The Labute approximate surface area is 251 Å². The molecule has 2 aliphatic rings. The van der Waals surface area contributed by atoms with E-state index in [1.54, 1.807) is 42.6 Å². The number of rotatable bonds is 8. The van der Waals surface area contributed by atoms with Crippen LogP contribution in [0.2, 0.25) is 0 Å². The number of nitrogens with zero attached hydrogens (tertiary/aromatic N) is 6. The van der Waals surface area contributed by atoms with Gasteiger partial charge in [0, 0.05) is 36.5 Å². The van der Waals surface area contributed by atoms with Crippen molar-refractivity contribution in [2.24, 2.45) is 10.9 Å². The average molecular weight is 605 g/mol. The molecule has 2 aliphatic heterocycles. The maximum atomic E-state index is 14.8. The summed E-state index contributed by atoms with van der Waals surface area (Å²) in [6.45, 7) is 2.22. The topological polar surface area (TPSA) is 103 Å². The number of imidazole rings is 1. The van der Waals surface area contributed by atoms with Crippen LogP contribution in [0.1, 0.15) is 50.9 Å². The maximum absolute atomic E-state index is 14.8. The first-order valence-electron chi connectivity index (χ1n) is 14.0. The van der Waals surface area contributed by atoms with Crippen molar-refractivity contribution in [3.8, 4) is 0 Å². The molecule has 0 aliphatic carbocycles. The van der Waals surface area contributed by atoms with Crippen molar-refractivity contribution in [3.05, 3.63) is 89.0 Å². The number of fused-ring (bicyclic) bond motifs is 1. The van der Waals surface area contributed by atoms with Crippen LogP contribution in [-0.4, -0.2) is 74.8 Å². The molecule has 4 heterocycles. The van der Waals surface area contributed by atoms with E-state index in [-0.39, 0.29) is 36.0 Å². The van der Waals surface area contributed by atoms with Crippen LogP contribution in [0.4, 0.5) is 14.6 Å². The number of alkyl halides is 1. The number of benzene rings is 2. The molecular weight excluding hydrogens is 574 g/mol. The van der Waals surface area contributed by atoms with E-state index in [9.17, 15) is 23.5 Å². The van der Waals surface area contributed by atoms with E-state index in [0.717, 1.165) is 23.4 Å². The molecule has 2 aromatic carbocycles. The van der Waals surface area contributed by atoms with Gasteiger partial charge >= 0.3 is 5.97 Å². The molecule has 2 saturated heterocycles. The van der Waals surface area contributed by atoms with Crippen LogP contribution in [0.3, 0.4) is 0 Å². The molecule has 12 heteroatoms. The van der Waals surface area contributed by atoms with Crippen LogP contribution in [0.15, 0.2) is 70.7 Å². The standard InChI is InChI=1S/C31H30F2N6O3S/c1-43-27-6-5-22(32)12-24(27)25-13-23(33)18-38(25)29-8-7-28-34-15-26(39(28)36-29)30(40)35-14-20-9-10-37(17-20)16-19-3-2-4-21(11-19)31(41)42/h2-8,11-12,14-15,20,23,25H,9-10,13,16-18H2,1H3,(H,41,42)/b35-14+/t20?,23-,25+/m0/s1. The van der Waals surface area contributed by atoms with Gasteiger partial charge in [-0.25, -0.2) is 28.1 Å². The number of hydrogen-bond donors (Lipinski definition) is 1. The Balaban J connectivity index is 1.17. The second-order valence-electron chi connectivity index (χ2n) is 10.9. The lowest BCUT2D eigenvalue weighted by molar-refractivity contribution is 0.0696. The third-order valence-corrected chi connectivity index (χ3v) is 8.77. The highest BCUT2D eigenvalue weighted by Crippen LogP contribution is 2.40. The first kappa shape index (κ1) is 28.9. The number of halogens is 2. The molecule has 2 fully saturated rings. The largest absolute Gasteiger partial charge is 0.478 e. The van der Waals surface area contributed by atoms with Crippen molar-refractivity contribution < 1.29 is 23.5 Å². The highest BCUT2D eigenvalue weighted by atomic mass is 32.2. The number of carboxylic acids is 1. The van der Waals surface area contributed by atoms with E-state index < -0.39 is 24.1 Å². The monoisotopic (exact) mass is 604 g/mol. The summed E-state index contributed by atoms with van der Waals surface area (Å²) in [7, 11) is 0. The van der Waals surface area contributed by atoms with E-state index in [2.05, 4.69) is 20.0 Å². The number of thioether (sulfide) groups is 1. The van der Waals surface area contributed by atoms with Gasteiger partial charge in [-0.15, -0.1) is 16.9 Å². The molecule has 2 aromatic heterocycles. The quantitative estimate of drug-likeness (QED) is 0.213. The molecule has 0 saturated carbocycles. The van der Waals surface area contributed by atoms with Crippen LogP contribution < -0.4 is 4.90 Å². The lowest BCUT2D eigenvalue weighted by Crippen LogP contribution is -2.26. The van der Waals surface area contributed by atoms with Crippen LogP contribution in [0, 0.1) is 11.7 Å². The molecule has 3 atom stereocenters. The molecule has 222 valence electrons. The van der Waals surface area contributed by atoms with Crippen molar-refractivity contribution in [3.63, 3.8) is 0 Å². The summed E-state index contributed by atoms with van der Waals surface area (Å²) in [6, 6.07) is 14.5. The Bertz CT molecular complexity index is 1710. The predicted molar refractivity (Wildman–Crippen MR) is 160 cm³/mol. The smallest absolute Gasteiger partial charge is 0.335 e. The summed E-state index contributed by atoms with van der Waals surface area (Å²) in [5.41, 5.74) is 2.54. The zero-order valence-corrected chi connectivity index (χ0v) is 24.3. The molecule has 43 heavy (non-hydrogen) atoms. The molecule has 9 nitrogen and oxygen atoms in total.